The Labute approximate surface area is 285 Å². The standard InChI is InChI=1S/C32H41F2N7O9/c1-17(2)12-20(39-29(47)21(13-19-8-6-5-7-9-19)38-24(42)14-36-27(45)18(3)4)28(46)37-15-25(43)49-16-22-26(44)32(33,34)30(50-22)41-11-10-23(35)40-31(41)48/h5-11,17,20-22,26,30,44H,3,12-16H2,1-2,4H3,(H,36,45)(H,37,46)(H,38,42)(H,39,47)(H2,35,40,48)/t20?,21?,22-,26?,30?/m0/s1. The monoisotopic (exact) mass is 705 g/mol. The molecule has 1 aliphatic heterocycles. The molecule has 0 bridgehead atoms. The number of hydrogen-bond donors (Lipinski definition) is 6. The molecule has 0 spiro atoms. The number of rotatable bonds is 16. The van der Waals surface area contributed by atoms with Gasteiger partial charge in [-0.05, 0) is 30.9 Å². The number of carbonyl (C=O) groups excluding carboxylic acids is 5. The lowest BCUT2D eigenvalue weighted by Gasteiger charge is -2.24. The number of nitrogens with zero attached hydrogens (tertiary/aromatic N) is 2. The van der Waals surface area contributed by atoms with Crippen LogP contribution in [-0.2, 0) is 39.9 Å². The van der Waals surface area contributed by atoms with Crippen LogP contribution in [0.15, 0.2) is 59.5 Å². The van der Waals surface area contributed by atoms with Gasteiger partial charge >= 0.3 is 17.6 Å². The molecule has 50 heavy (non-hydrogen) atoms. The number of ether oxygens (including phenoxy) is 2. The number of nitrogens with two attached hydrogens (primary N) is 1. The molecule has 0 aliphatic carbocycles. The van der Waals surface area contributed by atoms with Crippen LogP contribution in [0.2, 0.25) is 0 Å². The molecule has 4 unspecified atom stereocenters. The molecule has 1 fully saturated rings. The molecule has 3 rings (SSSR count). The highest BCUT2D eigenvalue weighted by molar-refractivity contribution is 5.96. The molecule has 1 aromatic carbocycles. The topological polar surface area (TPSA) is 233 Å². The highest BCUT2D eigenvalue weighted by Crippen LogP contribution is 2.42. The molecule has 1 aromatic heterocycles. The van der Waals surface area contributed by atoms with Gasteiger partial charge in [-0.15, -0.1) is 0 Å². The average Bonchev–Trinajstić information content (AvgIpc) is 3.28. The Balaban J connectivity index is 1.61. The van der Waals surface area contributed by atoms with Crippen LogP contribution < -0.4 is 32.7 Å². The van der Waals surface area contributed by atoms with Gasteiger partial charge in [0.2, 0.25) is 29.9 Å². The van der Waals surface area contributed by atoms with Gasteiger partial charge in [0, 0.05) is 18.2 Å². The van der Waals surface area contributed by atoms with E-state index in [4.69, 9.17) is 15.2 Å². The summed E-state index contributed by atoms with van der Waals surface area (Å²) in [6.07, 6.45) is -5.35. The molecule has 0 radical (unpaired) electrons. The second kappa shape index (κ2) is 17.4. The summed E-state index contributed by atoms with van der Waals surface area (Å²) in [6, 6.07) is 7.51. The van der Waals surface area contributed by atoms with Gasteiger partial charge < -0.3 is 41.6 Å². The molecule has 5 atom stereocenters. The predicted octanol–water partition coefficient (Wildman–Crippen LogP) is -0.671. The van der Waals surface area contributed by atoms with Crippen molar-refractivity contribution < 1.29 is 47.3 Å². The Morgan fingerprint density at radius 2 is 1.74 bits per heavy atom. The van der Waals surface area contributed by atoms with Crippen molar-refractivity contribution in [3.8, 4) is 0 Å². The zero-order valence-corrected chi connectivity index (χ0v) is 27.7. The third-order valence-corrected chi connectivity index (χ3v) is 7.37. The van der Waals surface area contributed by atoms with Crippen molar-refractivity contribution >= 4 is 35.4 Å². The van der Waals surface area contributed by atoms with Crippen molar-refractivity contribution in [2.75, 3.05) is 25.4 Å². The minimum Gasteiger partial charge on any atom is -0.461 e. The number of amides is 4. The minimum atomic E-state index is -3.97. The lowest BCUT2D eigenvalue weighted by molar-refractivity contribution is -0.150. The second-order valence-electron chi connectivity index (χ2n) is 12.1. The zero-order valence-electron chi connectivity index (χ0n) is 27.7. The molecule has 1 saturated heterocycles. The number of anilines is 1. The summed E-state index contributed by atoms with van der Waals surface area (Å²) < 4.78 is 40.1. The molecule has 1 aliphatic rings. The van der Waals surface area contributed by atoms with Gasteiger partial charge in [-0.3, -0.25) is 28.5 Å². The van der Waals surface area contributed by atoms with E-state index in [9.17, 15) is 42.7 Å². The van der Waals surface area contributed by atoms with Crippen molar-refractivity contribution in [2.45, 2.75) is 70.1 Å². The van der Waals surface area contributed by atoms with Crippen LogP contribution in [0.1, 0.15) is 39.0 Å². The highest BCUT2D eigenvalue weighted by atomic mass is 19.3. The number of esters is 1. The maximum atomic E-state index is 14.8. The van der Waals surface area contributed by atoms with Crippen molar-refractivity contribution in [3.05, 3.63) is 70.8 Å². The first kappa shape index (κ1) is 39.2. The molecular formula is C32H41F2N7O9. The molecule has 4 amide bonds. The van der Waals surface area contributed by atoms with E-state index >= 15 is 0 Å². The van der Waals surface area contributed by atoms with Crippen LogP contribution in [-0.4, -0.2) is 94.2 Å². The van der Waals surface area contributed by atoms with Gasteiger partial charge in [0.15, 0.2) is 6.10 Å². The number of benzene rings is 1. The summed E-state index contributed by atoms with van der Waals surface area (Å²) in [5.41, 5.74) is 5.13. The first-order chi connectivity index (χ1) is 23.5. The fraction of sp³-hybridized carbons (Fsp3) is 0.469. The molecule has 2 heterocycles. The number of carbonyl (C=O) groups is 5. The summed E-state index contributed by atoms with van der Waals surface area (Å²) in [5.74, 6) is -8.07. The molecule has 2 aromatic rings. The summed E-state index contributed by atoms with van der Waals surface area (Å²) in [5, 5.41) is 20.0. The first-order valence-corrected chi connectivity index (χ1v) is 15.6. The van der Waals surface area contributed by atoms with Gasteiger partial charge in [-0.25, -0.2) is 4.79 Å². The summed E-state index contributed by atoms with van der Waals surface area (Å²) in [7, 11) is 0. The van der Waals surface area contributed by atoms with Crippen molar-refractivity contribution in [1.82, 2.24) is 30.8 Å². The molecule has 0 saturated carbocycles. The van der Waals surface area contributed by atoms with E-state index in [1.54, 1.807) is 44.2 Å². The summed E-state index contributed by atoms with van der Waals surface area (Å²) in [6.45, 7) is 6.53. The van der Waals surface area contributed by atoms with Gasteiger partial charge in [0.25, 0.3) is 0 Å². The van der Waals surface area contributed by atoms with Crippen LogP contribution in [0.3, 0.4) is 0 Å². The third-order valence-electron chi connectivity index (χ3n) is 7.37. The Hall–Kier alpha value is -5.23. The fourth-order valence-corrected chi connectivity index (χ4v) is 4.81. The van der Waals surface area contributed by atoms with E-state index in [-0.39, 0.29) is 30.2 Å². The lowest BCUT2D eigenvalue weighted by atomic mass is 10.0. The first-order valence-electron chi connectivity index (χ1n) is 15.6. The van der Waals surface area contributed by atoms with Crippen LogP contribution in [0.4, 0.5) is 14.6 Å². The number of aromatic nitrogens is 2. The molecule has 18 heteroatoms. The maximum Gasteiger partial charge on any atom is 0.351 e. The van der Waals surface area contributed by atoms with E-state index in [0.29, 0.717) is 10.1 Å². The van der Waals surface area contributed by atoms with E-state index < -0.39 is 91.4 Å². The Morgan fingerprint density at radius 1 is 1.06 bits per heavy atom. The fourth-order valence-electron chi connectivity index (χ4n) is 4.81. The van der Waals surface area contributed by atoms with Crippen LogP contribution in [0, 0.1) is 5.92 Å². The van der Waals surface area contributed by atoms with Gasteiger partial charge in [0.05, 0.1) is 6.54 Å². The van der Waals surface area contributed by atoms with E-state index in [0.717, 1.165) is 12.3 Å². The van der Waals surface area contributed by atoms with Crippen molar-refractivity contribution in [2.24, 2.45) is 5.92 Å². The SMILES string of the molecule is C=C(C)C(=O)NCC(=O)NC(Cc1ccccc1)C(=O)NC(CC(C)C)C(=O)NCC(=O)OC[C@@H]1OC(n2ccc(N)nc2=O)C(F)(F)C1O. The van der Waals surface area contributed by atoms with Gasteiger partial charge in [0.1, 0.15) is 37.2 Å². The number of aliphatic hydroxyl groups is 1. The second-order valence-corrected chi connectivity index (χ2v) is 12.1. The van der Waals surface area contributed by atoms with E-state index in [1.807, 2.05) is 0 Å². The number of nitrogen functional groups attached to an aromatic ring is 1. The van der Waals surface area contributed by atoms with Gasteiger partial charge in [-0.1, -0.05) is 50.8 Å². The van der Waals surface area contributed by atoms with Gasteiger partial charge in [-0.2, -0.15) is 13.8 Å². The molecule has 272 valence electrons. The van der Waals surface area contributed by atoms with Crippen molar-refractivity contribution in [1.29, 1.82) is 0 Å². The minimum absolute atomic E-state index is 0.0493. The molecular weight excluding hydrogens is 664 g/mol. The van der Waals surface area contributed by atoms with Crippen LogP contribution in [0.25, 0.3) is 0 Å². The normalized spacial score (nSPS) is 19.1. The summed E-state index contributed by atoms with van der Waals surface area (Å²) in [4.78, 5) is 78.9. The average molecular weight is 706 g/mol. The number of nitrogens with one attached hydrogen (secondary N) is 4. The number of alkyl halides is 2. The largest absolute Gasteiger partial charge is 0.461 e. The third kappa shape index (κ3) is 10.9. The smallest absolute Gasteiger partial charge is 0.351 e. The van der Waals surface area contributed by atoms with Crippen molar-refractivity contribution in [3.63, 3.8) is 0 Å². The van der Waals surface area contributed by atoms with E-state index in [2.05, 4.69) is 32.8 Å². The Kier molecular flexibility index (Phi) is 13.7. The van der Waals surface area contributed by atoms with Crippen LogP contribution in [0.5, 0.6) is 0 Å². The quantitative estimate of drug-likeness (QED) is 0.0947. The lowest BCUT2D eigenvalue weighted by Crippen LogP contribution is -2.56. The number of hydrogen-bond acceptors (Lipinski definition) is 11. The number of halogens is 2. The van der Waals surface area contributed by atoms with Crippen LogP contribution >= 0.6 is 0 Å². The summed E-state index contributed by atoms with van der Waals surface area (Å²) >= 11 is 0. The Morgan fingerprint density at radius 3 is 2.36 bits per heavy atom. The zero-order chi connectivity index (χ0) is 37.2. The highest BCUT2D eigenvalue weighted by Gasteiger charge is 2.60. The Bertz CT molecular complexity index is 1620. The molecule has 7 N–H and O–H groups in total. The predicted molar refractivity (Wildman–Crippen MR) is 173 cm³/mol. The number of aliphatic hydroxyl groups excluding tert-OH is 1. The maximum absolute atomic E-state index is 14.8. The van der Waals surface area contributed by atoms with E-state index in [1.165, 1.54) is 6.92 Å². The molecule has 16 nitrogen and oxygen atoms in total.